The van der Waals surface area contributed by atoms with E-state index in [9.17, 15) is 0 Å². The largest absolute Gasteiger partial charge is 0.497 e. The van der Waals surface area contributed by atoms with E-state index in [0.29, 0.717) is 19.8 Å². The summed E-state index contributed by atoms with van der Waals surface area (Å²) in [5, 5.41) is 0. The third-order valence-electron chi connectivity index (χ3n) is 7.24. The van der Waals surface area contributed by atoms with Gasteiger partial charge in [-0.3, -0.25) is 0 Å². The molecule has 0 saturated carbocycles. The zero-order valence-corrected chi connectivity index (χ0v) is 23.7. The molecule has 2 aliphatic heterocycles. The number of rotatable bonds is 10. The van der Waals surface area contributed by atoms with Crippen molar-refractivity contribution < 1.29 is 28.4 Å². The molecular weight excluding hydrogens is 536 g/mol. The molecule has 0 amide bonds. The number of hydrogen-bond donors (Lipinski definition) is 0. The van der Waals surface area contributed by atoms with Crippen LogP contribution in [-0.4, -0.2) is 43.6 Å². The highest BCUT2D eigenvalue weighted by molar-refractivity contribution is 7.99. The fourth-order valence-electron chi connectivity index (χ4n) is 5.10. The van der Waals surface area contributed by atoms with E-state index >= 15 is 0 Å². The highest BCUT2D eigenvalue weighted by atomic mass is 32.2. The van der Waals surface area contributed by atoms with Crippen molar-refractivity contribution in [3.8, 4) is 5.75 Å². The van der Waals surface area contributed by atoms with Gasteiger partial charge in [0.05, 0.1) is 26.9 Å². The molecule has 6 nitrogen and oxygen atoms in total. The van der Waals surface area contributed by atoms with Crippen LogP contribution in [0, 0.1) is 0 Å². The van der Waals surface area contributed by atoms with Crippen molar-refractivity contribution in [1.82, 2.24) is 0 Å². The lowest BCUT2D eigenvalue weighted by Crippen LogP contribution is -2.62. The molecule has 2 heterocycles. The number of ether oxygens (including phenoxy) is 6. The molecule has 2 fully saturated rings. The monoisotopic (exact) mass is 570 g/mol. The van der Waals surface area contributed by atoms with Gasteiger partial charge < -0.3 is 28.4 Å². The molecule has 6 atom stereocenters. The average Bonchev–Trinajstić information content (AvgIpc) is 3.04. The van der Waals surface area contributed by atoms with Gasteiger partial charge in [-0.15, -0.1) is 0 Å². The molecule has 1 unspecified atom stereocenters. The number of hydrogen-bond acceptors (Lipinski definition) is 7. The van der Waals surface area contributed by atoms with Crippen molar-refractivity contribution in [3.63, 3.8) is 0 Å². The predicted molar refractivity (Wildman–Crippen MR) is 158 cm³/mol. The summed E-state index contributed by atoms with van der Waals surface area (Å²) in [5.74, 6) is 0.780. The standard InChI is InChI=1S/C34H34O6S/c1-35-27-19-17-26(18-20-27)33-38-23-29-30(40-33)31(36-21-24-11-5-2-6-12-24)32(37-22-25-13-7-3-8-14-25)34(39-29)41-28-15-9-4-10-16-28/h2-20,29-34H,21-23H2,1H3/t29-,30-,31+,32+,33?,34-/m1/s1. The third kappa shape index (κ3) is 7.01. The maximum Gasteiger partial charge on any atom is 0.184 e. The van der Waals surface area contributed by atoms with Gasteiger partial charge in [-0.25, -0.2) is 0 Å². The molecule has 7 heteroatoms. The van der Waals surface area contributed by atoms with Crippen molar-refractivity contribution in [2.45, 2.75) is 54.3 Å². The van der Waals surface area contributed by atoms with Crippen LogP contribution >= 0.6 is 11.8 Å². The minimum Gasteiger partial charge on any atom is -0.497 e. The maximum atomic E-state index is 6.71. The average molecular weight is 571 g/mol. The summed E-state index contributed by atoms with van der Waals surface area (Å²) in [7, 11) is 1.65. The Kier molecular flexibility index (Phi) is 9.32. The summed E-state index contributed by atoms with van der Waals surface area (Å²) in [4.78, 5) is 1.10. The van der Waals surface area contributed by atoms with E-state index < -0.39 is 24.6 Å². The van der Waals surface area contributed by atoms with E-state index in [0.717, 1.165) is 27.3 Å². The van der Waals surface area contributed by atoms with Crippen LogP contribution in [0.3, 0.4) is 0 Å². The van der Waals surface area contributed by atoms with Crippen molar-refractivity contribution in [1.29, 1.82) is 0 Å². The molecule has 0 N–H and O–H groups in total. The molecule has 0 radical (unpaired) electrons. The molecule has 6 rings (SSSR count). The molecule has 4 aromatic rings. The van der Waals surface area contributed by atoms with Crippen LogP contribution in [0.15, 0.2) is 120 Å². The van der Waals surface area contributed by atoms with E-state index in [1.54, 1.807) is 18.9 Å². The summed E-state index contributed by atoms with van der Waals surface area (Å²) in [6.07, 6.45) is -2.07. The minimum absolute atomic E-state index is 0.317. The van der Waals surface area contributed by atoms with Gasteiger partial charge in [-0.1, -0.05) is 103 Å². The van der Waals surface area contributed by atoms with Crippen molar-refractivity contribution >= 4 is 11.8 Å². The first-order valence-corrected chi connectivity index (χ1v) is 14.7. The SMILES string of the molecule is COc1ccc(C2OC[C@H]3O[C@H](Sc4ccccc4)[C@@H](OCc4ccccc4)[C@@H](OCc4ccccc4)[C@@H]3O2)cc1. The summed E-state index contributed by atoms with van der Waals surface area (Å²) >= 11 is 1.64. The molecule has 212 valence electrons. The smallest absolute Gasteiger partial charge is 0.184 e. The third-order valence-corrected chi connectivity index (χ3v) is 8.39. The second-order valence-electron chi connectivity index (χ2n) is 10.0. The first-order valence-electron chi connectivity index (χ1n) is 13.9. The van der Waals surface area contributed by atoms with Gasteiger partial charge in [0.25, 0.3) is 0 Å². The highest BCUT2D eigenvalue weighted by Gasteiger charge is 2.51. The highest BCUT2D eigenvalue weighted by Crippen LogP contribution is 2.41. The van der Waals surface area contributed by atoms with Gasteiger partial charge in [0.15, 0.2) is 6.29 Å². The lowest BCUT2D eigenvalue weighted by molar-refractivity contribution is -0.329. The maximum absolute atomic E-state index is 6.71. The summed E-state index contributed by atoms with van der Waals surface area (Å²) < 4.78 is 38.2. The van der Waals surface area contributed by atoms with E-state index in [-0.39, 0.29) is 11.5 Å². The molecule has 0 aliphatic carbocycles. The van der Waals surface area contributed by atoms with Crippen LogP contribution in [0.5, 0.6) is 5.75 Å². The minimum atomic E-state index is -0.554. The van der Waals surface area contributed by atoms with E-state index in [1.807, 2.05) is 78.9 Å². The number of benzene rings is 4. The quantitative estimate of drug-likeness (QED) is 0.208. The molecule has 41 heavy (non-hydrogen) atoms. The second kappa shape index (κ2) is 13.7. The number of fused-ring (bicyclic) bond motifs is 1. The van der Waals surface area contributed by atoms with Crippen molar-refractivity contribution in [2.75, 3.05) is 13.7 Å². The zero-order valence-electron chi connectivity index (χ0n) is 22.9. The Hall–Kier alpha value is -3.17. The molecule has 2 aliphatic rings. The van der Waals surface area contributed by atoms with Crippen LogP contribution in [0.4, 0.5) is 0 Å². The van der Waals surface area contributed by atoms with E-state index in [1.165, 1.54) is 0 Å². The molecule has 0 spiro atoms. The van der Waals surface area contributed by atoms with Gasteiger partial charge in [-0.2, -0.15) is 0 Å². The lowest BCUT2D eigenvalue weighted by Gasteiger charge is -2.49. The Morgan fingerprint density at radius 1 is 0.683 bits per heavy atom. The van der Waals surface area contributed by atoms with Crippen LogP contribution in [-0.2, 0) is 36.9 Å². The van der Waals surface area contributed by atoms with Gasteiger partial charge in [0, 0.05) is 10.5 Å². The van der Waals surface area contributed by atoms with Crippen LogP contribution in [0.25, 0.3) is 0 Å². The number of thioether (sulfide) groups is 1. The molecule has 2 saturated heterocycles. The van der Waals surface area contributed by atoms with Crippen LogP contribution in [0.1, 0.15) is 23.0 Å². The fraction of sp³-hybridized carbons (Fsp3) is 0.294. The first-order chi connectivity index (χ1) is 20.3. The normalized spacial score (nSPS) is 25.8. The Morgan fingerprint density at radius 2 is 1.27 bits per heavy atom. The summed E-state index contributed by atoms with van der Waals surface area (Å²) in [6.45, 7) is 1.24. The molecular formula is C34H34O6S. The summed E-state index contributed by atoms with van der Waals surface area (Å²) in [6, 6.07) is 38.4. The van der Waals surface area contributed by atoms with E-state index in [4.69, 9.17) is 28.4 Å². The Labute approximate surface area is 245 Å². The van der Waals surface area contributed by atoms with Crippen molar-refractivity contribution in [3.05, 3.63) is 132 Å². The zero-order chi connectivity index (χ0) is 27.9. The first kappa shape index (κ1) is 28.0. The van der Waals surface area contributed by atoms with Crippen molar-refractivity contribution in [2.24, 2.45) is 0 Å². The van der Waals surface area contributed by atoms with E-state index in [2.05, 4.69) is 36.4 Å². The fourth-order valence-corrected chi connectivity index (χ4v) is 6.25. The molecule has 4 aromatic carbocycles. The summed E-state index contributed by atoms with van der Waals surface area (Å²) in [5.41, 5.74) is 2.76. The second-order valence-corrected chi connectivity index (χ2v) is 11.2. The van der Waals surface area contributed by atoms with Gasteiger partial charge in [-0.05, 0) is 35.4 Å². The Bertz CT molecular complexity index is 1340. The molecule has 0 aromatic heterocycles. The Morgan fingerprint density at radius 3 is 1.88 bits per heavy atom. The van der Waals surface area contributed by atoms with Gasteiger partial charge in [0.1, 0.15) is 35.6 Å². The van der Waals surface area contributed by atoms with Crippen LogP contribution < -0.4 is 4.74 Å². The van der Waals surface area contributed by atoms with Gasteiger partial charge in [0.2, 0.25) is 0 Å². The lowest BCUT2D eigenvalue weighted by atomic mass is 9.98. The van der Waals surface area contributed by atoms with Gasteiger partial charge >= 0.3 is 0 Å². The predicted octanol–water partition coefficient (Wildman–Crippen LogP) is 6.80. The Balaban J connectivity index is 1.29. The topological polar surface area (TPSA) is 55.4 Å². The van der Waals surface area contributed by atoms with Crippen LogP contribution in [0.2, 0.25) is 0 Å². The molecule has 0 bridgehead atoms. The number of methoxy groups -OCH3 is 1.